The Kier molecular flexibility index (Phi) is 10.9. The van der Waals surface area contributed by atoms with Crippen molar-refractivity contribution in [3.63, 3.8) is 0 Å². The van der Waals surface area contributed by atoms with Crippen molar-refractivity contribution >= 4 is 35.6 Å². The average molecular weight is 420 g/mol. The van der Waals surface area contributed by atoms with Gasteiger partial charge in [-0.05, 0) is 13.3 Å². The van der Waals surface area contributed by atoms with E-state index in [1.165, 1.54) is 6.92 Å². The Balaban J connectivity index is 5.19. The van der Waals surface area contributed by atoms with Crippen molar-refractivity contribution in [2.75, 3.05) is 6.61 Å². The SMILES string of the molecule is CC(NC(=O)C(N)CO)C(=O)NC(CCC(=O)O)C(=O)NC(CC(=O)O)C(=O)O. The van der Waals surface area contributed by atoms with Gasteiger partial charge in [-0.3, -0.25) is 24.0 Å². The fourth-order valence-corrected chi connectivity index (χ4v) is 1.95. The molecule has 0 saturated carbocycles. The van der Waals surface area contributed by atoms with Crippen molar-refractivity contribution in [2.24, 2.45) is 5.73 Å². The minimum atomic E-state index is -1.80. The molecule has 0 heterocycles. The number of nitrogens with one attached hydrogen (secondary N) is 3. The van der Waals surface area contributed by atoms with Crippen LogP contribution in [0.4, 0.5) is 0 Å². The predicted molar refractivity (Wildman–Crippen MR) is 93.3 cm³/mol. The standard InChI is InChI=1S/C15H24N4O10/c1-6(17-13(26)7(16)5-20)12(25)18-8(2-3-10(21)22)14(27)19-9(15(28)29)4-11(23)24/h6-9,20H,2-5,16H2,1H3,(H,17,26)(H,18,25)(H,19,27)(H,21,22)(H,23,24)(H,28,29). The molecule has 0 bridgehead atoms. The third-order valence-corrected chi connectivity index (χ3v) is 3.56. The van der Waals surface area contributed by atoms with Crippen LogP contribution in [-0.2, 0) is 28.8 Å². The Hall–Kier alpha value is -3.26. The highest BCUT2D eigenvalue weighted by Crippen LogP contribution is 2.02. The molecule has 0 spiro atoms. The summed E-state index contributed by atoms with van der Waals surface area (Å²) in [5.74, 6) is -7.32. The van der Waals surface area contributed by atoms with Crippen LogP contribution in [-0.4, -0.2) is 86.8 Å². The molecule has 0 radical (unpaired) electrons. The summed E-state index contributed by atoms with van der Waals surface area (Å²) in [6.07, 6.45) is -1.93. The highest BCUT2D eigenvalue weighted by Gasteiger charge is 2.30. The molecule has 14 heteroatoms. The lowest BCUT2D eigenvalue weighted by molar-refractivity contribution is -0.147. The van der Waals surface area contributed by atoms with Gasteiger partial charge in [-0.2, -0.15) is 0 Å². The second-order valence-corrected chi connectivity index (χ2v) is 6.01. The zero-order chi connectivity index (χ0) is 22.7. The number of aliphatic carboxylic acids is 3. The first-order chi connectivity index (χ1) is 13.4. The molecule has 0 aromatic carbocycles. The van der Waals surface area contributed by atoms with E-state index < -0.39 is 85.7 Å². The topological polar surface area (TPSA) is 245 Å². The van der Waals surface area contributed by atoms with Gasteiger partial charge in [-0.1, -0.05) is 0 Å². The first-order valence-electron chi connectivity index (χ1n) is 8.33. The molecule has 0 aromatic heterocycles. The summed E-state index contributed by atoms with van der Waals surface area (Å²) in [5.41, 5.74) is 5.29. The molecule has 14 nitrogen and oxygen atoms in total. The number of nitrogens with two attached hydrogens (primary N) is 1. The van der Waals surface area contributed by atoms with E-state index in [-0.39, 0.29) is 0 Å². The highest BCUT2D eigenvalue weighted by atomic mass is 16.4. The van der Waals surface area contributed by atoms with Crippen LogP contribution >= 0.6 is 0 Å². The summed E-state index contributed by atoms with van der Waals surface area (Å²) >= 11 is 0. The van der Waals surface area contributed by atoms with E-state index in [1.54, 1.807) is 0 Å². The van der Waals surface area contributed by atoms with Crippen molar-refractivity contribution in [3.05, 3.63) is 0 Å². The lowest BCUT2D eigenvalue weighted by atomic mass is 10.1. The van der Waals surface area contributed by atoms with E-state index in [1.807, 2.05) is 5.32 Å². The second kappa shape index (κ2) is 12.2. The van der Waals surface area contributed by atoms with Crippen LogP contribution < -0.4 is 21.7 Å². The van der Waals surface area contributed by atoms with Crippen LogP contribution in [0.5, 0.6) is 0 Å². The van der Waals surface area contributed by atoms with E-state index in [0.717, 1.165) is 0 Å². The number of aliphatic hydroxyl groups is 1. The summed E-state index contributed by atoms with van der Waals surface area (Å²) in [7, 11) is 0. The average Bonchev–Trinajstić information content (AvgIpc) is 2.62. The largest absolute Gasteiger partial charge is 0.481 e. The molecule has 3 amide bonds. The smallest absolute Gasteiger partial charge is 0.326 e. The number of carbonyl (C=O) groups excluding carboxylic acids is 3. The van der Waals surface area contributed by atoms with Crippen molar-refractivity contribution in [1.29, 1.82) is 0 Å². The van der Waals surface area contributed by atoms with Gasteiger partial charge in [0, 0.05) is 6.42 Å². The third-order valence-electron chi connectivity index (χ3n) is 3.56. The minimum Gasteiger partial charge on any atom is -0.481 e. The maximum absolute atomic E-state index is 12.3. The van der Waals surface area contributed by atoms with Gasteiger partial charge in [-0.15, -0.1) is 0 Å². The molecule has 0 aliphatic heterocycles. The zero-order valence-electron chi connectivity index (χ0n) is 15.5. The second-order valence-electron chi connectivity index (χ2n) is 6.01. The van der Waals surface area contributed by atoms with E-state index >= 15 is 0 Å². The van der Waals surface area contributed by atoms with Gasteiger partial charge in [0.05, 0.1) is 13.0 Å². The van der Waals surface area contributed by atoms with Gasteiger partial charge < -0.3 is 42.1 Å². The number of amides is 3. The number of carboxylic acids is 3. The summed E-state index contributed by atoms with van der Waals surface area (Å²) in [6.45, 7) is 0.554. The summed E-state index contributed by atoms with van der Waals surface area (Å²) in [4.78, 5) is 68.6. The zero-order valence-corrected chi connectivity index (χ0v) is 15.5. The van der Waals surface area contributed by atoms with E-state index in [4.69, 9.17) is 26.2 Å². The Morgan fingerprint density at radius 2 is 1.38 bits per heavy atom. The van der Waals surface area contributed by atoms with Gasteiger partial charge >= 0.3 is 17.9 Å². The number of rotatable bonds is 13. The lowest BCUT2D eigenvalue weighted by Gasteiger charge is -2.23. The minimum absolute atomic E-state index is 0.427. The number of aliphatic hydroxyl groups excluding tert-OH is 1. The summed E-state index contributed by atoms with van der Waals surface area (Å²) < 4.78 is 0. The predicted octanol–water partition coefficient (Wildman–Crippen LogP) is -3.80. The van der Waals surface area contributed by atoms with Gasteiger partial charge in [0.1, 0.15) is 24.2 Å². The van der Waals surface area contributed by atoms with Crippen LogP contribution in [0.3, 0.4) is 0 Å². The Morgan fingerprint density at radius 3 is 1.83 bits per heavy atom. The Morgan fingerprint density at radius 1 is 0.828 bits per heavy atom. The molecule has 0 saturated heterocycles. The van der Waals surface area contributed by atoms with E-state index in [2.05, 4.69) is 10.6 Å². The normalized spacial score (nSPS) is 14.6. The number of hydrogen-bond acceptors (Lipinski definition) is 8. The molecule has 4 atom stereocenters. The van der Waals surface area contributed by atoms with Gasteiger partial charge in [0.25, 0.3) is 0 Å². The third kappa shape index (κ3) is 10.0. The van der Waals surface area contributed by atoms with E-state index in [0.29, 0.717) is 0 Å². The Bertz CT molecular complexity index is 653. The van der Waals surface area contributed by atoms with Gasteiger partial charge in [0.2, 0.25) is 17.7 Å². The molecular formula is C15H24N4O10. The Labute approximate surface area is 164 Å². The molecular weight excluding hydrogens is 396 g/mol. The molecule has 0 aliphatic carbocycles. The van der Waals surface area contributed by atoms with Gasteiger partial charge in [0.15, 0.2) is 0 Å². The molecule has 0 fully saturated rings. The number of hydrogen-bond donors (Lipinski definition) is 8. The van der Waals surface area contributed by atoms with Crippen LogP contribution in [0.1, 0.15) is 26.2 Å². The van der Waals surface area contributed by atoms with E-state index in [9.17, 15) is 28.8 Å². The fourth-order valence-electron chi connectivity index (χ4n) is 1.95. The summed E-state index contributed by atoms with van der Waals surface area (Å²) in [6, 6.07) is -5.83. The van der Waals surface area contributed by atoms with Crippen molar-refractivity contribution in [3.8, 4) is 0 Å². The quantitative estimate of drug-likeness (QED) is 0.143. The van der Waals surface area contributed by atoms with Crippen LogP contribution in [0, 0.1) is 0 Å². The highest BCUT2D eigenvalue weighted by molar-refractivity contribution is 5.94. The fraction of sp³-hybridized carbons (Fsp3) is 0.600. The number of carboxylic acid groups (broad SMARTS) is 3. The molecule has 0 aliphatic rings. The van der Waals surface area contributed by atoms with Crippen molar-refractivity contribution in [2.45, 2.75) is 50.4 Å². The number of carbonyl (C=O) groups is 6. The summed E-state index contributed by atoms with van der Waals surface area (Å²) in [5, 5.41) is 41.5. The maximum Gasteiger partial charge on any atom is 0.326 e. The molecule has 164 valence electrons. The first kappa shape index (κ1) is 25.7. The van der Waals surface area contributed by atoms with Gasteiger partial charge in [-0.25, -0.2) is 4.79 Å². The lowest BCUT2D eigenvalue weighted by Crippen LogP contribution is -2.56. The van der Waals surface area contributed by atoms with Crippen molar-refractivity contribution in [1.82, 2.24) is 16.0 Å². The molecule has 0 rings (SSSR count). The van der Waals surface area contributed by atoms with Crippen LogP contribution in [0.25, 0.3) is 0 Å². The molecule has 4 unspecified atom stereocenters. The molecule has 0 aromatic rings. The molecule has 9 N–H and O–H groups in total. The maximum atomic E-state index is 12.3. The van der Waals surface area contributed by atoms with Crippen molar-refractivity contribution < 1.29 is 49.2 Å². The molecule has 29 heavy (non-hydrogen) atoms. The monoisotopic (exact) mass is 420 g/mol. The van der Waals surface area contributed by atoms with Crippen LogP contribution in [0.15, 0.2) is 0 Å². The first-order valence-corrected chi connectivity index (χ1v) is 8.33. The van der Waals surface area contributed by atoms with Crippen LogP contribution in [0.2, 0.25) is 0 Å².